The molecule has 0 aromatic carbocycles. The van der Waals surface area contributed by atoms with Crippen molar-refractivity contribution in [1.29, 1.82) is 0 Å². The summed E-state index contributed by atoms with van der Waals surface area (Å²) in [5, 5.41) is 19.2. The first kappa shape index (κ1) is 12.2. The Kier molecular flexibility index (Phi) is 4.12. The highest BCUT2D eigenvalue weighted by Gasteiger charge is 2.56. The maximum atomic E-state index is 9.64. The molecule has 5 atom stereocenters. The molecule has 0 radical (unpaired) electrons. The normalized spacial score (nSPS) is 41.8. The summed E-state index contributed by atoms with van der Waals surface area (Å²) in [6.45, 7) is 1.17. The molecule has 0 bridgehead atoms. The number of rotatable bonds is 6. The second-order valence-electron chi connectivity index (χ2n) is 4.17. The third kappa shape index (κ3) is 2.71. The van der Waals surface area contributed by atoms with Crippen molar-refractivity contribution in [3.05, 3.63) is 0 Å². The first-order valence-electron chi connectivity index (χ1n) is 5.73. The Balaban J connectivity index is 1.65. The molecule has 0 aliphatic carbocycles. The Morgan fingerprint density at radius 2 is 1.88 bits per heavy atom. The van der Waals surface area contributed by atoms with Gasteiger partial charge in [-0.2, -0.15) is 0 Å². The van der Waals surface area contributed by atoms with Crippen molar-refractivity contribution in [2.45, 2.75) is 50.2 Å². The maximum Gasteiger partial charge on any atom is 0.190 e. The van der Waals surface area contributed by atoms with Gasteiger partial charge in [0.05, 0.1) is 0 Å². The highest BCUT2D eigenvalue weighted by atomic mass is 16.8. The summed E-state index contributed by atoms with van der Waals surface area (Å²) in [6, 6.07) is 0. The lowest BCUT2D eigenvalue weighted by atomic mass is 10.1. The molecular formula is C10H19NO5. The van der Waals surface area contributed by atoms with Crippen LogP contribution in [-0.2, 0) is 14.2 Å². The fourth-order valence-corrected chi connectivity index (χ4v) is 1.79. The van der Waals surface area contributed by atoms with Crippen LogP contribution in [-0.4, -0.2) is 54.3 Å². The zero-order chi connectivity index (χ0) is 11.5. The molecule has 0 aromatic heterocycles. The number of hydrogen-bond donors (Lipinski definition) is 3. The molecule has 0 aromatic rings. The number of epoxide rings is 1. The highest BCUT2D eigenvalue weighted by Crippen LogP contribution is 2.35. The van der Waals surface area contributed by atoms with Crippen molar-refractivity contribution >= 4 is 0 Å². The number of hydrogen-bond acceptors (Lipinski definition) is 6. The molecule has 0 spiro atoms. The molecule has 0 amide bonds. The SMILES string of the molecule is NCCCCCO[C@@H]1OC2O[C@@H]2C(O)C1O. The predicted molar refractivity (Wildman–Crippen MR) is 54.4 cm³/mol. The van der Waals surface area contributed by atoms with Crippen molar-refractivity contribution in [1.82, 2.24) is 0 Å². The van der Waals surface area contributed by atoms with Crippen molar-refractivity contribution in [2.75, 3.05) is 13.2 Å². The lowest BCUT2D eigenvalue weighted by Crippen LogP contribution is -2.48. The third-order valence-electron chi connectivity index (χ3n) is 2.85. The highest BCUT2D eigenvalue weighted by molar-refractivity contribution is 4.94. The van der Waals surface area contributed by atoms with E-state index >= 15 is 0 Å². The average molecular weight is 233 g/mol. The number of fused-ring (bicyclic) bond motifs is 1. The van der Waals surface area contributed by atoms with Gasteiger partial charge in [-0.3, -0.25) is 0 Å². The summed E-state index contributed by atoms with van der Waals surface area (Å²) in [5.41, 5.74) is 5.36. The molecular weight excluding hydrogens is 214 g/mol. The molecule has 2 saturated heterocycles. The quantitative estimate of drug-likeness (QED) is 0.399. The summed E-state index contributed by atoms with van der Waals surface area (Å²) < 4.78 is 15.6. The predicted octanol–water partition coefficient (Wildman–Crippen LogP) is -1.06. The van der Waals surface area contributed by atoms with Crippen LogP contribution in [0.15, 0.2) is 0 Å². The van der Waals surface area contributed by atoms with E-state index in [4.69, 9.17) is 19.9 Å². The minimum absolute atomic E-state index is 0.382. The van der Waals surface area contributed by atoms with Crippen LogP contribution in [0.3, 0.4) is 0 Å². The van der Waals surface area contributed by atoms with Gasteiger partial charge < -0.3 is 30.2 Å². The van der Waals surface area contributed by atoms with Gasteiger partial charge >= 0.3 is 0 Å². The summed E-state index contributed by atoms with van der Waals surface area (Å²) in [6.07, 6.45) is -0.685. The first-order valence-corrected chi connectivity index (χ1v) is 5.73. The number of aliphatic hydroxyl groups is 2. The molecule has 2 aliphatic heterocycles. The Morgan fingerprint density at radius 1 is 1.06 bits per heavy atom. The topological polar surface area (TPSA) is 97.5 Å². The molecule has 2 rings (SSSR count). The van der Waals surface area contributed by atoms with Gasteiger partial charge in [0.15, 0.2) is 12.6 Å². The Labute approximate surface area is 94.3 Å². The minimum Gasteiger partial charge on any atom is -0.387 e. The monoisotopic (exact) mass is 233 g/mol. The largest absolute Gasteiger partial charge is 0.387 e. The van der Waals surface area contributed by atoms with Gasteiger partial charge in [-0.05, 0) is 25.8 Å². The van der Waals surface area contributed by atoms with Crippen LogP contribution in [0.1, 0.15) is 19.3 Å². The van der Waals surface area contributed by atoms with Crippen LogP contribution in [0.4, 0.5) is 0 Å². The summed E-state index contributed by atoms with van der Waals surface area (Å²) in [7, 11) is 0. The van der Waals surface area contributed by atoms with E-state index in [1.165, 1.54) is 0 Å². The minimum atomic E-state index is -1.03. The zero-order valence-corrected chi connectivity index (χ0v) is 9.12. The van der Waals surface area contributed by atoms with E-state index < -0.39 is 24.8 Å². The fourth-order valence-electron chi connectivity index (χ4n) is 1.79. The van der Waals surface area contributed by atoms with E-state index in [9.17, 15) is 10.2 Å². The van der Waals surface area contributed by atoms with Crippen LogP contribution in [0.2, 0.25) is 0 Å². The van der Waals surface area contributed by atoms with E-state index in [0.29, 0.717) is 13.2 Å². The van der Waals surface area contributed by atoms with E-state index in [0.717, 1.165) is 19.3 Å². The van der Waals surface area contributed by atoms with Crippen molar-refractivity contribution in [2.24, 2.45) is 5.73 Å². The van der Waals surface area contributed by atoms with Gasteiger partial charge in [0, 0.05) is 6.61 Å². The average Bonchev–Trinajstić information content (AvgIpc) is 3.04. The second kappa shape index (κ2) is 5.39. The Bertz CT molecular complexity index is 227. The van der Waals surface area contributed by atoms with E-state index in [1.54, 1.807) is 0 Å². The molecule has 6 nitrogen and oxygen atoms in total. The van der Waals surface area contributed by atoms with Crippen molar-refractivity contribution in [3.8, 4) is 0 Å². The number of unbranched alkanes of at least 4 members (excludes halogenated alkanes) is 2. The summed E-state index contributed by atoms with van der Waals surface area (Å²) in [4.78, 5) is 0. The van der Waals surface area contributed by atoms with Crippen molar-refractivity contribution in [3.63, 3.8) is 0 Å². The second-order valence-corrected chi connectivity index (χ2v) is 4.17. The third-order valence-corrected chi connectivity index (χ3v) is 2.85. The van der Waals surface area contributed by atoms with Gasteiger partial charge in [0.2, 0.25) is 0 Å². The van der Waals surface area contributed by atoms with Gasteiger partial charge in [0.25, 0.3) is 0 Å². The molecule has 4 N–H and O–H groups in total. The Morgan fingerprint density at radius 3 is 2.62 bits per heavy atom. The molecule has 3 unspecified atom stereocenters. The molecule has 2 heterocycles. The zero-order valence-electron chi connectivity index (χ0n) is 9.12. The lowest BCUT2D eigenvalue weighted by molar-refractivity contribution is -0.243. The smallest absolute Gasteiger partial charge is 0.190 e. The molecule has 94 valence electrons. The molecule has 2 aliphatic rings. The molecule has 2 fully saturated rings. The van der Waals surface area contributed by atoms with Crippen molar-refractivity contribution < 1.29 is 24.4 Å². The van der Waals surface area contributed by atoms with E-state index in [-0.39, 0.29) is 6.10 Å². The van der Waals surface area contributed by atoms with Crippen LogP contribution in [0, 0.1) is 0 Å². The van der Waals surface area contributed by atoms with Crippen LogP contribution in [0.25, 0.3) is 0 Å². The van der Waals surface area contributed by atoms with Gasteiger partial charge in [-0.25, -0.2) is 0 Å². The maximum absolute atomic E-state index is 9.64. The van der Waals surface area contributed by atoms with E-state index in [2.05, 4.69) is 0 Å². The number of nitrogens with two attached hydrogens (primary N) is 1. The number of ether oxygens (including phenoxy) is 3. The van der Waals surface area contributed by atoms with Gasteiger partial charge in [0.1, 0.15) is 18.3 Å². The molecule has 0 saturated carbocycles. The van der Waals surface area contributed by atoms with Gasteiger partial charge in [-0.15, -0.1) is 0 Å². The summed E-state index contributed by atoms with van der Waals surface area (Å²) in [5.74, 6) is 0. The standard InChI is InChI=1S/C10H19NO5/c11-4-2-1-3-5-14-9-7(13)6(12)8-10(15-8)16-9/h6-10,12-13H,1-5,11H2/t6?,7?,8-,9-,10?/m1/s1. The molecule has 6 heteroatoms. The van der Waals surface area contributed by atoms with Crippen LogP contribution < -0.4 is 5.73 Å². The first-order chi connectivity index (χ1) is 7.74. The summed E-state index contributed by atoms with van der Waals surface area (Å²) >= 11 is 0. The fraction of sp³-hybridized carbons (Fsp3) is 1.00. The Hall–Kier alpha value is -0.240. The lowest BCUT2D eigenvalue weighted by Gasteiger charge is -2.28. The van der Waals surface area contributed by atoms with E-state index in [1.807, 2.05) is 0 Å². The number of aliphatic hydroxyl groups excluding tert-OH is 2. The van der Waals surface area contributed by atoms with Crippen LogP contribution in [0.5, 0.6) is 0 Å². The van der Waals surface area contributed by atoms with Gasteiger partial charge in [-0.1, -0.05) is 0 Å². The molecule has 16 heavy (non-hydrogen) atoms. The van der Waals surface area contributed by atoms with Crippen LogP contribution >= 0.6 is 0 Å².